The molecule has 1 atom stereocenters. The van der Waals surface area contributed by atoms with Gasteiger partial charge in [0.2, 0.25) is 0 Å². The molecule has 0 aliphatic carbocycles. The Hall–Kier alpha value is -3.41. The topological polar surface area (TPSA) is 92.9 Å². The van der Waals surface area contributed by atoms with Crippen LogP contribution in [0.4, 0.5) is 27.6 Å². The zero-order valence-corrected chi connectivity index (χ0v) is 16.2. The Morgan fingerprint density at radius 3 is 2.32 bits per heavy atom. The Labute approximate surface area is 172 Å². The van der Waals surface area contributed by atoms with Crippen LogP contribution in [0.15, 0.2) is 49.1 Å². The third kappa shape index (κ3) is 4.10. The predicted octanol–water partition coefficient (Wildman–Crippen LogP) is 3.63. The van der Waals surface area contributed by atoms with E-state index in [1.807, 2.05) is 0 Å². The number of halogens is 5. The highest BCUT2D eigenvalue weighted by Gasteiger charge is 2.68. The highest BCUT2D eigenvalue weighted by molar-refractivity contribution is 6.03. The third-order valence-corrected chi connectivity index (χ3v) is 4.51. The lowest BCUT2D eigenvalue weighted by Crippen LogP contribution is -2.55. The van der Waals surface area contributed by atoms with Gasteiger partial charge in [0, 0.05) is 30.6 Å². The number of nitrogens with one attached hydrogen (secondary N) is 1. The number of rotatable bonds is 5. The molecule has 0 aliphatic rings. The van der Waals surface area contributed by atoms with Crippen LogP contribution in [0.3, 0.4) is 0 Å². The molecule has 31 heavy (non-hydrogen) atoms. The smallest absolute Gasteiger partial charge is 0.372 e. The molecule has 0 radical (unpaired) electrons. The lowest BCUT2D eigenvalue weighted by Gasteiger charge is -2.37. The predicted molar refractivity (Wildman–Crippen MR) is 98.9 cm³/mol. The van der Waals surface area contributed by atoms with E-state index >= 15 is 0 Å². The number of imidazole rings is 1. The molecule has 1 amide bonds. The van der Waals surface area contributed by atoms with Crippen LogP contribution in [0.5, 0.6) is 0 Å². The van der Waals surface area contributed by atoms with Crippen molar-refractivity contribution in [2.75, 3.05) is 5.32 Å². The van der Waals surface area contributed by atoms with Gasteiger partial charge in [-0.05, 0) is 25.1 Å². The first-order valence-electron chi connectivity index (χ1n) is 8.76. The highest BCUT2D eigenvalue weighted by atomic mass is 19.4. The summed E-state index contributed by atoms with van der Waals surface area (Å²) in [5, 5.41) is 19.7. The molecule has 0 aliphatic heterocycles. The monoisotopic (exact) mass is 441 g/mol. The first-order valence-corrected chi connectivity index (χ1v) is 8.76. The molecule has 3 aromatic rings. The van der Waals surface area contributed by atoms with Crippen molar-refractivity contribution in [3.63, 3.8) is 0 Å². The zero-order chi connectivity index (χ0) is 23.0. The maximum Gasteiger partial charge on any atom is 0.427 e. The fourth-order valence-corrected chi connectivity index (χ4v) is 2.87. The van der Waals surface area contributed by atoms with Crippen molar-refractivity contribution in [3.8, 4) is 5.82 Å². The van der Waals surface area contributed by atoms with E-state index in [2.05, 4.69) is 20.5 Å². The van der Waals surface area contributed by atoms with Gasteiger partial charge in [0.1, 0.15) is 6.33 Å². The summed E-state index contributed by atoms with van der Waals surface area (Å²) in [4.78, 5) is 16.3. The Kier molecular flexibility index (Phi) is 5.53. The third-order valence-electron chi connectivity index (χ3n) is 4.51. The normalized spacial score (nSPS) is 14.2. The number of aliphatic hydroxyl groups is 1. The number of aryl methyl sites for hydroxylation is 1. The Bertz CT molecular complexity index is 1060. The van der Waals surface area contributed by atoms with Crippen LogP contribution in [0.25, 0.3) is 5.82 Å². The van der Waals surface area contributed by atoms with Gasteiger partial charge in [-0.25, -0.2) is 13.8 Å². The maximum absolute atomic E-state index is 14.0. The van der Waals surface area contributed by atoms with Gasteiger partial charge in [0.25, 0.3) is 17.4 Å². The molecule has 2 N–H and O–H groups in total. The number of benzene rings is 1. The van der Waals surface area contributed by atoms with Crippen LogP contribution in [0.1, 0.15) is 28.5 Å². The molecule has 12 heteroatoms. The van der Waals surface area contributed by atoms with E-state index in [0.717, 1.165) is 12.1 Å². The van der Waals surface area contributed by atoms with E-state index < -0.39 is 34.9 Å². The molecule has 1 unspecified atom stereocenters. The fraction of sp³-hybridized carbons (Fsp3) is 0.263. The van der Waals surface area contributed by atoms with Gasteiger partial charge in [0.15, 0.2) is 11.5 Å². The number of aromatic nitrogens is 4. The molecule has 0 saturated heterocycles. The minimum Gasteiger partial charge on any atom is -0.372 e. The van der Waals surface area contributed by atoms with Gasteiger partial charge < -0.3 is 10.4 Å². The fourth-order valence-electron chi connectivity index (χ4n) is 2.87. The van der Waals surface area contributed by atoms with E-state index in [1.165, 1.54) is 42.2 Å². The van der Waals surface area contributed by atoms with E-state index in [4.69, 9.17) is 0 Å². The quantitative estimate of drug-likeness (QED) is 0.590. The van der Waals surface area contributed by atoms with Gasteiger partial charge in [-0.3, -0.25) is 9.36 Å². The van der Waals surface area contributed by atoms with Crippen LogP contribution >= 0.6 is 0 Å². The van der Waals surface area contributed by atoms with E-state index in [0.29, 0.717) is 5.82 Å². The molecule has 3 rings (SSSR count). The molecule has 1 aromatic carbocycles. The maximum atomic E-state index is 14.0. The molecular weight excluding hydrogens is 425 g/mol. The van der Waals surface area contributed by atoms with Crippen LogP contribution in [0.2, 0.25) is 0 Å². The lowest BCUT2D eigenvalue weighted by atomic mass is 9.85. The average Bonchev–Trinajstić information content (AvgIpc) is 3.22. The average molecular weight is 441 g/mol. The summed E-state index contributed by atoms with van der Waals surface area (Å²) >= 11 is 0. The molecule has 0 saturated carbocycles. The summed E-state index contributed by atoms with van der Waals surface area (Å²) < 4.78 is 70.2. The number of anilines is 1. The minimum absolute atomic E-state index is 0.0469. The number of alkyl halides is 5. The standard InChI is InChI=1S/C19H16F5N5O2/c1-11-3-4-13(12(9-11)18(31,17(2,20)21)19(22,23)24)26-16(30)14-5-6-15(28-27-14)29-8-7-25-10-29/h3-10,31H,1-2H3,(H,26,30). The molecule has 7 nitrogen and oxygen atoms in total. The summed E-state index contributed by atoms with van der Waals surface area (Å²) in [6.45, 7) is 1.31. The number of carbonyl (C=O) groups is 1. The zero-order valence-electron chi connectivity index (χ0n) is 16.2. The van der Waals surface area contributed by atoms with Crippen LogP contribution in [-0.4, -0.2) is 42.9 Å². The Morgan fingerprint density at radius 2 is 1.81 bits per heavy atom. The molecule has 0 fully saturated rings. The van der Waals surface area contributed by atoms with Crippen molar-refractivity contribution in [3.05, 3.63) is 65.9 Å². The largest absolute Gasteiger partial charge is 0.427 e. The first kappa shape index (κ1) is 22.3. The summed E-state index contributed by atoms with van der Waals surface area (Å²) in [5.74, 6) is -5.29. The summed E-state index contributed by atoms with van der Waals surface area (Å²) in [6.07, 6.45) is -1.23. The van der Waals surface area contributed by atoms with Crippen LogP contribution in [-0.2, 0) is 5.60 Å². The minimum atomic E-state index is -5.73. The SMILES string of the molecule is Cc1ccc(NC(=O)c2ccc(-n3ccnc3)nn2)c(C(O)(C(C)(F)F)C(F)(F)F)c1. The van der Waals surface area contributed by atoms with Crippen molar-refractivity contribution < 1.29 is 31.9 Å². The number of nitrogens with zero attached hydrogens (tertiary/aromatic N) is 4. The van der Waals surface area contributed by atoms with Gasteiger partial charge in [-0.2, -0.15) is 13.2 Å². The van der Waals surface area contributed by atoms with E-state index in [9.17, 15) is 31.9 Å². The van der Waals surface area contributed by atoms with Gasteiger partial charge in [0.05, 0.1) is 0 Å². The van der Waals surface area contributed by atoms with Gasteiger partial charge >= 0.3 is 6.18 Å². The van der Waals surface area contributed by atoms with Crippen molar-refractivity contribution >= 4 is 11.6 Å². The number of carbonyl (C=O) groups excluding carboxylic acids is 1. The second kappa shape index (κ2) is 7.69. The van der Waals surface area contributed by atoms with Crippen molar-refractivity contribution in [1.29, 1.82) is 0 Å². The van der Waals surface area contributed by atoms with Gasteiger partial charge in [-0.1, -0.05) is 17.7 Å². The van der Waals surface area contributed by atoms with Gasteiger partial charge in [-0.15, -0.1) is 10.2 Å². The summed E-state index contributed by atoms with van der Waals surface area (Å²) in [6, 6.07) is 5.70. The Balaban J connectivity index is 1.98. The number of amides is 1. The van der Waals surface area contributed by atoms with Crippen LogP contribution in [0, 0.1) is 6.92 Å². The molecule has 164 valence electrons. The Morgan fingerprint density at radius 1 is 1.10 bits per heavy atom. The van der Waals surface area contributed by atoms with Crippen molar-refractivity contribution in [1.82, 2.24) is 19.7 Å². The number of hydrogen-bond donors (Lipinski definition) is 2. The molecular formula is C19H16F5N5O2. The second-order valence-corrected chi connectivity index (χ2v) is 6.85. The van der Waals surface area contributed by atoms with Crippen LogP contribution < -0.4 is 5.32 Å². The van der Waals surface area contributed by atoms with Crippen molar-refractivity contribution in [2.24, 2.45) is 0 Å². The molecule has 2 heterocycles. The summed E-state index contributed by atoms with van der Waals surface area (Å²) in [5.41, 5.74) is -6.48. The lowest BCUT2D eigenvalue weighted by molar-refractivity contribution is -0.334. The van der Waals surface area contributed by atoms with E-state index in [1.54, 1.807) is 6.20 Å². The molecule has 0 spiro atoms. The molecule has 2 aromatic heterocycles. The van der Waals surface area contributed by atoms with Crippen molar-refractivity contribution in [2.45, 2.75) is 31.5 Å². The highest BCUT2D eigenvalue weighted by Crippen LogP contribution is 2.51. The number of hydrogen-bond acceptors (Lipinski definition) is 5. The first-order chi connectivity index (χ1) is 14.3. The summed E-state index contributed by atoms with van der Waals surface area (Å²) in [7, 11) is 0. The second-order valence-electron chi connectivity index (χ2n) is 6.85. The van der Waals surface area contributed by atoms with E-state index in [-0.39, 0.29) is 18.2 Å². The molecule has 0 bridgehead atoms.